The summed E-state index contributed by atoms with van der Waals surface area (Å²) in [5.41, 5.74) is 0.428. The van der Waals surface area contributed by atoms with Gasteiger partial charge in [0.15, 0.2) is 0 Å². The van der Waals surface area contributed by atoms with Crippen LogP contribution < -0.4 is 0 Å². The van der Waals surface area contributed by atoms with Crippen molar-refractivity contribution in [2.24, 2.45) is 0 Å². The predicted octanol–water partition coefficient (Wildman–Crippen LogP) is 2.30. The third kappa shape index (κ3) is 4.53. The normalized spacial score (nSPS) is 11.9. The van der Waals surface area contributed by atoms with E-state index in [4.69, 9.17) is 0 Å². The fourth-order valence-corrected chi connectivity index (χ4v) is 2.34. The molecule has 0 fully saturated rings. The van der Waals surface area contributed by atoms with E-state index in [-0.39, 0.29) is 18.1 Å². The van der Waals surface area contributed by atoms with Gasteiger partial charge in [-0.15, -0.1) is 11.8 Å². The van der Waals surface area contributed by atoms with Crippen LogP contribution in [-0.4, -0.2) is 28.9 Å². The third-order valence-corrected chi connectivity index (χ3v) is 3.52. The summed E-state index contributed by atoms with van der Waals surface area (Å²) < 4.78 is 4.50. The summed E-state index contributed by atoms with van der Waals surface area (Å²) in [5, 5.41) is 20.4. The maximum atomic E-state index is 11.0. The summed E-state index contributed by atoms with van der Waals surface area (Å²) in [6, 6.07) is 4.57. The van der Waals surface area contributed by atoms with Crippen molar-refractivity contribution in [2.75, 3.05) is 12.9 Å². The van der Waals surface area contributed by atoms with Crippen LogP contribution in [0.15, 0.2) is 23.1 Å². The average molecular weight is 285 g/mol. The molecule has 0 aromatic heterocycles. The van der Waals surface area contributed by atoms with Gasteiger partial charge in [0.05, 0.1) is 29.5 Å². The lowest BCUT2D eigenvalue weighted by atomic mass is 10.1. The van der Waals surface area contributed by atoms with Crippen LogP contribution in [0.1, 0.15) is 25.0 Å². The summed E-state index contributed by atoms with van der Waals surface area (Å²) in [7, 11) is 1.30. The van der Waals surface area contributed by atoms with Gasteiger partial charge in [0.25, 0.3) is 5.69 Å². The SMILES string of the molecule is COC(=O)CCSc1ccc([C@@H](C)O)cc1[N+](=O)[O-]. The Morgan fingerprint density at radius 1 is 1.58 bits per heavy atom. The van der Waals surface area contributed by atoms with Crippen molar-refractivity contribution < 1.29 is 19.6 Å². The van der Waals surface area contributed by atoms with E-state index in [1.165, 1.54) is 24.9 Å². The van der Waals surface area contributed by atoms with Gasteiger partial charge in [0.1, 0.15) is 0 Å². The van der Waals surface area contributed by atoms with Gasteiger partial charge < -0.3 is 9.84 Å². The molecule has 0 amide bonds. The number of ether oxygens (including phenoxy) is 1. The number of thioether (sulfide) groups is 1. The van der Waals surface area contributed by atoms with E-state index < -0.39 is 11.0 Å². The highest BCUT2D eigenvalue weighted by Crippen LogP contribution is 2.32. The Bertz CT molecular complexity index is 475. The van der Waals surface area contributed by atoms with Crippen LogP contribution in [0.4, 0.5) is 5.69 Å². The first-order valence-electron chi connectivity index (χ1n) is 5.61. The van der Waals surface area contributed by atoms with E-state index in [0.717, 1.165) is 0 Å². The second-order valence-corrected chi connectivity index (χ2v) is 4.97. The zero-order valence-electron chi connectivity index (χ0n) is 10.7. The van der Waals surface area contributed by atoms with Crippen LogP contribution in [0.5, 0.6) is 0 Å². The molecule has 1 N–H and O–H groups in total. The molecular weight excluding hydrogens is 270 g/mol. The standard InChI is InChI=1S/C12H15NO5S/c1-8(14)9-3-4-11(10(7-9)13(16)17)19-6-5-12(15)18-2/h3-4,7-8,14H,5-6H2,1-2H3/t8-/m1/s1. The zero-order chi connectivity index (χ0) is 14.4. The number of nitrogens with zero attached hydrogens (tertiary/aromatic N) is 1. The van der Waals surface area contributed by atoms with Crippen molar-refractivity contribution in [1.29, 1.82) is 0 Å². The number of benzene rings is 1. The molecule has 0 bridgehead atoms. The topological polar surface area (TPSA) is 89.7 Å². The number of rotatable bonds is 6. The second-order valence-electron chi connectivity index (χ2n) is 3.83. The van der Waals surface area contributed by atoms with Crippen LogP contribution >= 0.6 is 11.8 Å². The molecule has 0 aliphatic rings. The third-order valence-electron chi connectivity index (χ3n) is 2.45. The molecule has 7 heteroatoms. The molecule has 0 radical (unpaired) electrons. The van der Waals surface area contributed by atoms with E-state index in [2.05, 4.69) is 4.74 Å². The Morgan fingerprint density at radius 2 is 2.26 bits per heavy atom. The molecule has 19 heavy (non-hydrogen) atoms. The maximum Gasteiger partial charge on any atom is 0.306 e. The summed E-state index contributed by atoms with van der Waals surface area (Å²) in [5.74, 6) is 0.0532. The monoisotopic (exact) mass is 285 g/mol. The highest BCUT2D eigenvalue weighted by molar-refractivity contribution is 7.99. The molecule has 1 rings (SSSR count). The second kappa shape index (κ2) is 7.10. The lowest BCUT2D eigenvalue weighted by molar-refractivity contribution is -0.387. The van der Waals surface area contributed by atoms with Crippen LogP contribution in [0.3, 0.4) is 0 Å². The van der Waals surface area contributed by atoms with Crippen molar-refractivity contribution in [3.8, 4) is 0 Å². The van der Waals surface area contributed by atoms with Crippen molar-refractivity contribution in [1.82, 2.24) is 0 Å². The molecule has 104 valence electrons. The number of carbonyl (C=O) groups is 1. The van der Waals surface area contributed by atoms with Gasteiger partial charge in [0, 0.05) is 11.8 Å². The number of esters is 1. The number of nitro benzene ring substituents is 1. The van der Waals surface area contributed by atoms with Gasteiger partial charge in [-0.05, 0) is 18.6 Å². The Morgan fingerprint density at radius 3 is 2.79 bits per heavy atom. The largest absolute Gasteiger partial charge is 0.469 e. The van der Waals surface area contributed by atoms with E-state index >= 15 is 0 Å². The molecule has 0 unspecified atom stereocenters. The number of carbonyl (C=O) groups excluding carboxylic acids is 1. The lowest BCUT2D eigenvalue weighted by Gasteiger charge is -2.07. The number of hydrogen-bond acceptors (Lipinski definition) is 6. The fourth-order valence-electron chi connectivity index (χ4n) is 1.41. The minimum atomic E-state index is -0.757. The predicted molar refractivity (Wildman–Crippen MR) is 71.1 cm³/mol. The van der Waals surface area contributed by atoms with Gasteiger partial charge >= 0.3 is 5.97 Å². The highest BCUT2D eigenvalue weighted by Gasteiger charge is 2.17. The molecule has 1 aromatic carbocycles. The molecular formula is C12H15NO5S. The van der Waals surface area contributed by atoms with Gasteiger partial charge in [-0.2, -0.15) is 0 Å². The van der Waals surface area contributed by atoms with Crippen molar-refractivity contribution in [3.63, 3.8) is 0 Å². The lowest BCUT2D eigenvalue weighted by Crippen LogP contribution is -2.01. The summed E-state index contributed by atoms with van der Waals surface area (Å²) in [6.45, 7) is 1.54. The smallest absolute Gasteiger partial charge is 0.306 e. The Kier molecular flexibility index (Phi) is 5.78. The van der Waals surface area contributed by atoms with Gasteiger partial charge in [0.2, 0.25) is 0 Å². The van der Waals surface area contributed by atoms with Gasteiger partial charge in [-0.25, -0.2) is 0 Å². The van der Waals surface area contributed by atoms with Crippen molar-refractivity contribution in [2.45, 2.75) is 24.3 Å². The van der Waals surface area contributed by atoms with E-state index in [1.54, 1.807) is 19.1 Å². The summed E-state index contributed by atoms with van der Waals surface area (Å²) in [4.78, 5) is 21.9. The molecule has 0 aliphatic carbocycles. The number of nitro groups is 1. The first-order chi connectivity index (χ1) is 8.95. The fraction of sp³-hybridized carbons (Fsp3) is 0.417. The highest BCUT2D eigenvalue weighted by atomic mass is 32.2. The number of aliphatic hydroxyl groups is 1. The number of hydrogen-bond donors (Lipinski definition) is 1. The van der Waals surface area contributed by atoms with Gasteiger partial charge in [-0.3, -0.25) is 14.9 Å². The van der Waals surface area contributed by atoms with Crippen LogP contribution in [0, 0.1) is 10.1 Å². The molecule has 0 heterocycles. The Balaban J connectivity index is 2.82. The molecule has 6 nitrogen and oxygen atoms in total. The molecule has 0 aliphatic heterocycles. The Labute approximate surface area is 114 Å². The summed E-state index contributed by atoms with van der Waals surface area (Å²) in [6.07, 6.45) is -0.566. The number of aliphatic hydroxyl groups excluding tert-OH is 1. The van der Waals surface area contributed by atoms with E-state index in [0.29, 0.717) is 16.2 Å². The van der Waals surface area contributed by atoms with Crippen molar-refractivity contribution in [3.05, 3.63) is 33.9 Å². The quantitative estimate of drug-likeness (QED) is 0.373. The van der Waals surface area contributed by atoms with Crippen LogP contribution in [-0.2, 0) is 9.53 Å². The van der Waals surface area contributed by atoms with Crippen LogP contribution in [0.2, 0.25) is 0 Å². The summed E-state index contributed by atoms with van der Waals surface area (Å²) >= 11 is 1.22. The molecule has 1 atom stereocenters. The van der Waals surface area contributed by atoms with Crippen molar-refractivity contribution >= 4 is 23.4 Å². The van der Waals surface area contributed by atoms with E-state index in [9.17, 15) is 20.0 Å². The van der Waals surface area contributed by atoms with Gasteiger partial charge in [-0.1, -0.05) is 6.07 Å². The molecule has 0 saturated carbocycles. The zero-order valence-corrected chi connectivity index (χ0v) is 11.5. The molecule has 0 spiro atoms. The minimum Gasteiger partial charge on any atom is -0.469 e. The van der Waals surface area contributed by atoms with Crippen LogP contribution in [0.25, 0.3) is 0 Å². The van der Waals surface area contributed by atoms with E-state index in [1.807, 2.05) is 0 Å². The maximum absolute atomic E-state index is 11.0. The molecule has 1 aromatic rings. The minimum absolute atomic E-state index is 0.0618. The Hall–Kier alpha value is -1.60. The first-order valence-corrected chi connectivity index (χ1v) is 6.60. The average Bonchev–Trinajstić information content (AvgIpc) is 2.38. The first kappa shape index (κ1) is 15.5. The number of methoxy groups -OCH3 is 1. The molecule has 0 saturated heterocycles.